The second kappa shape index (κ2) is 4.18. The van der Waals surface area contributed by atoms with Crippen molar-refractivity contribution in [1.82, 2.24) is 0 Å². The lowest BCUT2D eigenvalue weighted by atomic mass is 10.2. The average Bonchev–Trinajstić information content (AvgIpc) is 2.06. The highest BCUT2D eigenvalue weighted by atomic mass is 79.9. The molecule has 0 heterocycles. The predicted octanol–water partition coefficient (Wildman–Crippen LogP) is 2.09. The highest BCUT2D eigenvalue weighted by Crippen LogP contribution is 2.28. The molecule has 0 aliphatic rings. The normalized spacial score (nSPS) is 11.5. The predicted molar refractivity (Wildman–Crippen MR) is 47.4 cm³/mol. The van der Waals surface area contributed by atoms with E-state index < -0.39 is 6.36 Å². The first kappa shape index (κ1) is 11.3. The molecule has 0 bridgehead atoms. The van der Waals surface area contributed by atoms with Gasteiger partial charge in [-0.25, -0.2) is 0 Å². The molecule has 0 aliphatic heterocycles. The molecule has 0 atom stereocenters. The molecule has 0 saturated heterocycles. The molecule has 0 saturated carbocycles. The molecular formula is C8H8BrF3NO+. The molecule has 0 fully saturated rings. The molecule has 0 aromatic heterocycles. The number of alkyl halides is 3. The minimum absolute atomic E-state index is 0.198. The Bertz CT molecular complexity index is 327. The lowest BCUT2D eigenvalue weighted by Gasteiger charge is -2.11. The minimum Gasteiger partial charge on any atom is -0.405 e. The molecular weight excluding hydrogens is 263 g/mol. The molecule has 0 radical (unpaired) electrons. The van der Waals surface area contributed by atoms with E-state index in [0.717, 1.165) is 0 Å². The Labute approximate surface area is 87.0 Å². The number of benzene rings is 1. The molecule has 78 valence electrons. The second-order valence-electron chi connectivity index (χ2n) is 2.55. The summed E-state index contributed by atoms with van der Waals surface area (Å²) in [6.07, 6.45) is -4.66. The van der Waals surface area contributed by atoms with Crippen molar-refractivity contribution in [3.63, 3.8) is 0 Å². The maximum atomic E-state index is 11.9. The van der Waals surface area contributed by atoms with Crippen LogP contribution >= 0.6 is 15.9 Å². The summed E-state index contributed by atoms with van der Waals surface area (Å²) < 4.78 is 40.2. The highest BCUT2D eigenvalue weighted by molar-refractivity contribution is 9.10. The Morgan fingerprint density at radius 3 is 2.50 bits per heavy atom. The molecule has 0 aliphatic carbocycles. The van der Waals surface area contributed by atoms with Crippen molar-refractivity contribution in [3.05, 3.63) is 28.2 Å². The van der Waals surface area contributed by atoms with E-state index in [1.54, 1.807) is 6.07 Å². The summed E-state index contributed by atoms with van der Waals surface area (Å²) in [6.45, 7) is 0.241. The van der Waals surface area contributed by atoms with Crippen LogP contribution in [0.4, 0.5) is 13.2 Å². The van der Waals surface area contributed by atoms with Crippen molar-refractivity contribution in [1.29, 1.82) is 0 Å². The van der Waals surface area contributed by atoms with Gasteiger partial charge in [0.15, 0.2) is 0 Å². The Hall–Kier alpha value is -0.750. The van der Waals surface area contributed by atoms with Gasteiger partial charge in [0.05, 0.1) is 0 Å². The molecule has 3 N–H and O–H groups in total. The van der Waals surface area contributed by atoms with Gasteiger partial charge < -0.3 is 10.5 Å². The van der Waals surface area contributed by atoms with E-state index in [4.69, 9.17) is 0 Å². The molecule has 6 heteroatoms. The topological polar surface area (TPSA) is 36.9 Å². The largest absolute Gasteiger partial charge is 0.573 e. The van der Waals surface area contributed by atoms with Crippen LogP contribution < -0.4 is 10.5 Å². The molecule has 1 aromatic carbocycles. The third-order valence-corrected chi connectivity index (χ3v) is 2.01. The molecule has 1 aromatic rings. The van der Waals surface area contributed by atoms with Gasteiger partial charge in [0.1, 0.15) is 12.3 Å². The van der Waals surface area contributed by atoms with Crippen LogP contribution in [0.15, 0.2) is 22.7 Å². The van der Waals surface area contributed by atoms with Gasteiger partial charge in [-0.15, -0.1) is 13.2 Å². The maximum absolute atomic E-state index is 11.9. The van der Waals surface area contributed by atoms with Crippen LogP contribution in [-0.2, 0) is 6.54 Å². The number of rotatable bonds is 2. The summed E-state index contributed by atoms with van der Waals surface area (Å²) >= 11 is 3.15. The van der Waals surface area contributed by atoms with Crippen LogP contribution in [0.1, 0.15) is 5.56 Å². The van der Waals surface area contributed by atoms with Gasteiger partial charge in [-0.2, -0.15) is 0 Å². The number of hydrogen-bond donors (Lipinski definition) is 1. The van der Waals surface area contributed by atoms with E-state index in [0.29, 0.717) is 10.0 Å². The SMILES string of the molecule is [NH3+]Cc1cc(Br)ccc1OC(F)(F)F. The van der Waals surface area contributed by atoms with E-state index in [9.17, 15) is 13.2 Å². The Morgan fingerprint density at radius 1 is 1.36 bits per heavy atom. The summed E-state index contributed by atoms with van der Waals surface area (Å²) in [5.41, 5.74) is 3.93. The summed E-state index contributed by atoms with van der Waals surface area (Å²) in [6, 6.07) is 4.30. The van der Waals surface area contributed by atoms with Gasteiger partial charge in [0.2, 0.25) is 0 Å². The van der Waals surface area contributed by atoms with E-state index >= 15 is 0 Å². The van der Waals surface area contributed by atoms with E-state index in [-0.39, 0.29) is 12.3 Å². The van der Waals surface area contributed by atoms with Gasteiger partial charge in [-0.3, -0.25) is 0 Å². The molecule has 0 amide bonds. The zero-order valence-electron chi connectivity index (χ0n) is 7.07. The maximum Gasteiger partial charge on any atom is 0.573 e. The first-order chi connectivity index (χ1) is 6.42. The Morgan fingerprint density at radius 2 is 2.00 bits per heavy atom. The lowest BCUT2D eigenvalue weighted by Crippen LogP contribution is -2.47. The molecule has 1 rings (SSSR count). The first-order valence-corrected chi connectivity index (χ1v) is 4.55. The summed E-state index contributed by atoms with van der Waals surface area (Å²) in [5, 5.41) is 0. The zero-order chi connectivity index (χ0) is 10.8. The summed E-state index contributed by atoms with van der Waals surface area (Å²) in [4.78, 5) is 0. The van der Waals surface area contributed by atoms with Gasteiger partial charge >= 0.3 is 6.36 Å². The molecule has 0 unspecified atom stereocenters. The van der Waals surface area contributed by atoms with Crippen molar-refractivity contribution >= 4 is 15.9 Å². The highest BCUT2D eigenvalue weighted by Gasteiger charge is 2.32. The van der Waals surface area contributed by atoms with Gasteiger partial charge in [0.25, 0.3) is 0 Å². The van der Waals surface area contributed by atoms with Crippen LogP contribution in [0.3, 0.4) is 0 Å². The fraction of sp³-hybridized carbons (Fsp3) is 0.250. The Kier molecular flexibility index (Phi) is 3.38. The van der Waals surface area contributed by atoms with Crippen molar-refractivity contribution in [2.24, 2.45) is 0 Å². The molecule has 2 nitrogen and oxygen atoms in total. The van der Waals surface area contributed by atoms with Crippen molar-refractivity contribution in [2.45, 2.75) is 12.9 Å². The van der Waals surface area contributed by atoms with Crippen molar-refractivity contribution < 1.29 is 23.6 Å². The summed E-state index contributed by atoms with van der Waals surface area (Å²) in [7, 11) is 0. The average molecular weight is 271 g/mol. The van der Waals surface area contributed by atoms with Gasteiger partial charge in [-0.1, -0.05) is 15.9 Å². The quantitative estimate of drug-likeness (QED) is 0.878. The number of quaternary nitrogens is 1. The zero-order valence-corrected chi connectivity index (χ0v) is 8.65. The third-order valence-electron chi connectivity index (χ3n) is 1.52. The van der Waals surface area contributed by atoms with Crippen LogP contribution in [0, 0.1) is 0 Å². The summed E-state index contributed by atoms with van der Waals surface area (Å²) in [5.74, 6) is -0.198. The number of ether oxygens (including phenoxy) is 1. The van der Waals surface area contributed by atoms with Crippen LogP contribution in [0.25, 0.3) is 0 Å². The first-order valence-electron chi connectivity index (χ1n) is 3.76. The number of hydrogen-bond acceptors (Lipinski definition) is 1. The third kappa shape index (κ3) is 3.19. The fourth-order valence-corrected chi connectivity index (χ4v) is 1.38. The lowest BCUT2D eigenvalue weighted by molar-refractivity contribution is -0.387. The Balaban J connectivity index is 2.97. The van der Waals surface area contributed by atoms with Crippen LogP contribution in [0.2, 0.25) is 0 Å². The monoisotopic (exact) mass is 270 g/mol. The van der Waals surface area contributed by atoms with E-state index in [1.807, 2.05) is 0 Å². The molecule has 14 heavy (non-hydrogen) atoms. The van der Waals surface area contributed by atoms with Crippen LogP contribution in [-0.4, -0.2) is 6.36 Å². The fourth-order valence-electron chi connectivity index (χ4n) is 0.968. The van der Waals surface area contributed by atoms with Crippen molar-refractivity contribution in [2.75, 3.05) is 0 Å². The van der Waals surface area contributed by atoms with Gasteiger partial charge in [-0.05, 0) is 18.2 Å². The number of halogens is 4. The minimum atomic E-state index is -4.66. The van der Waals surface area contributed by atoms with Gasteiger partial charge in [0, 0.05) is 10.0 Å². The van der Waals surface area contributed by atoms with Crippen LogP contribution in [0.5, 0.6) is 5.75 Å². The van der Waals surface area contributed by atoms with Crippen molar-refractivity contribution in [3.8, 4) is 5.75 Å². The van der Waals surface area contributed by atoms with E-state index in [1.165, 1.54) is 12.1 Å². The standard InChI is InChI=1S/C8H7BrF3NO/c9-6-1-2-7(5(3-6)4-13)14-8(10,11)12/h1-3H,4,13H2/p+1. The second-order valence-corrected chi connectivity index (χ2v) is 3.47. The van der Waals surface area contributed by atoms with E-state index in [2.05, 4.69) is 26.4 Å². The smallest absolute Gasteiger partial charge is 0.405 e. The molecule has 0 spiro atoms.